The maximum absolute atomic E-state index is 12.3. The molecule has 0 saturated carbocycles. The van der Waals surface area contributed by atoms with Gasteiger partial charge in [0.2, 0.25) is 0 Å². The van der Waals surface area contributed by atoms with Crippen LogP contribution in [0.5, 0.6) is 0 Å². The van der Waals surface area contributed by atoms with Gasteiger partial charge in [0, 0.05) is 36.6 Å². The maximum Gasteiger partial charge on any atom is 0.251 e. The number of carbonyl (C=O) groups is 1. The van der Waals surface area contributed by atoms with Crippen LogP contribution in [-0.4, -0.2) is 42.4 Å². The van der Waals surface area contributed by atoms with E-state index in [2.05, 4.69) is 25.9 Å². The molecule has 3 aromatic rings. The van der Waals surface area contributed by atoms with Gasteiger partial charge in [0.1, 0.15) is 0 Å². The van der Waals surface area contributed by atoms with E-state index in [1.807, 2.05) is 31.3 Å². The summed E-state index contributed by atoms with van der Waals surface area (Å²) in [6, 6.07) is 9.13. The monoisotopic (exact) mass is 311 g/mol. The number of aryl methyl sites for hydroxylation is 1. The zero-order valence-corrected chi connectivity index (χ0v) is 12.8. The molecule has 1 amide bonds. The molecule has 23 heavy (non-hydrogen) atoms. The molecule has 0 spiro atoms. The lowest BCUT2D eigenvalue weighted by Gasteiger charge is -2.07. The summed E-state index contributed by atoms with van der Waals surface area (Å²) >= 11 is 0. The zero-order valence-electron chi connectivity index (χ0n) is 12.8. The van der Waals surface area contributed by atoms with E-state index in [0.717, 1.165) is 5.56 Å². The molecule has 8 nitrogen and oxygen atoms in total. The van der Waals surface area contributed by atoms with Crippen LogP contribution < -0.4 is 5.32 Å². The standard InChI is InChI=1S/C15H17N7O/c1-2-22-14(18-19-20-22)12-5-3-6-13(11-12)15(23)16-8-10-21-9-4-7-17-21/h3-7,9,11H,2,8,10H2,1H3,(H,16,23). The van der Waals surface area contributed by atoms with Crippen molar-refractivity contribution in [3.05, 3.63) is 48.3 Å². The molecule has 0 atom stereocenters. The van der Waals surface area contributed by atoms with Crippen LogP contribution in [0.3, 0.4) is 0 Å². The average Bonchev–Trinajstić information content (AvgIpc) is 3.26. The van der Waals surface area contributed by atoms with Gasteiger partial charge < -0.3 is 5.32 Å². The van der Waals surface area contributed by atoms with Crippen molar-refractivity contribution < 1.29 is 4.79 Å². The van der Waals surface area contributed by atoms with Crippen molar-refractivity contribution in [2.24, 2.45) is 0 Å². The van der Waals surface area contributed by atoms with Crippen molar-refractivity contribution >= 4 is 5.91 Å². The molecule has 2 heterocycles. The fourth-order valence-electron chi connectivity index (χ4n) is 2.24. The van der Waals surface area contributed by atoms with E-state index in [1.54, 1.807) is 27.7 Å². The smallest absolute Gasteiger partial charge is 0.251 e. The number of benzene rings is 1. The van der Waals surface area contributed by atoms with Crippen LogP contribution >= 0.6 is 0 Å². The molecule has 0 aliphatic carbocycles. The summed E-state index contributed by atoms with van der Waals surface area (Å²) in [7, 11) is 0. The fraction of sp³-hybridized carbons (Fsp3) is 0.267. The summed E-state index contributed by atoms with van der Waals surface area (Å²) in [6.07, 6.45) is 3.57. The van der Waals surface area contributed by atoms with Gasteiger partial charge in [-0.05, 0) is 35.5 Å². The first kappa shape index (κ1) is 14.9. The number of rotatable bonds is 6. The molecule has 1 aromatic carbocycles. The van der Waals surface area contributed by atoms with Crippen molar-refractivity contribution in [1.29, 1.82) is 0 Å². The van der Waals surface area contributed by atoms with Gasteiger partial charge in [0.25, 0.3) is 5.91 Å². The van der Waals surface area contributed by atoms with Gasteiger partial charge in [-0.25, -0.2) is 4.68 Å². The Morgan fingerprint density at radius 2 is 2.22 bits per heavy atom. The molecule has 0 saturated heterocycles. The summed E-state index contributed by atoms with van der Waals surface area (Å²) in [5.41, 5.74) is 1.39. The average molecular weight is 311 g/mol. The first-order chi connectivity index (χ1) is 11.3. The molecule has 1 N–H and O–H groups in total. The molecular weight excluding hydrogens is 294 g/mol. The van der Waals surface area contributed by atoms with Gasteiger partial charge in [-0.2, -0.15) is 5.10 Å². The second-order valence-corrected chi connectivity index (χ2v) is 4.92. The van der Waals surface area contributed by atoms with E-state index >= 15 is 0 Å². The van der Waals surface area contributed by atoms with Gasteiger partial charge in [0.15, 0.2) is 5.82 Å². The third-order valence-electron chi connectivity index (χ3n) is 3.40. The van der Waals surface area contributed by atoms with E-state index in [-0.39, 0.29) is 5.91 Å². The number of carbonyl (C=O) groups excluding carboxylic acids is 1. The number of hydrogen-bond acceptors (Lipinski definition) is 5. The Kier molecular flexibility index (Phi) is 4.41. The zero-order chi connectivity index (χ0) is 16.1. The van der Waals surface area contributed by atoms with Crippen LogP contribution in [0.4, 0.5) is 0 Å². The van der Waals surface area contributed by atoms with Gasteiger partial charge in [-0.3, -0.25) is 9.48 Å². The summed E-state index contributed by atoms with van der Waals surface area (Å²) in [4.78, 5) is 12.3. The Balaban J connectivity index is 1.68. The van der Waals surface area contributed by atoms with Crippen molar-refractivity contribution in [3.8, 4) is 11.4 Å². The first-order valence-electron chi connectivity index (χ1n) is 7.40. The lowest BCUT2D eigenvalue weighted by molar-refractivity contribution is 0.0952. The van der Waals surface area contributed by atoms with Gasteiger partial charge in [-0.1, -0.05) is 12.1 Å². The van der Waals surface area contributed by atoms with Crippen LogP contribution in [0.15, 0.2) is 42.7 Å². The molecular formula is C15H17N7O. The van der Waals surface area contributed by atoms with Crippen LogP contribution in [0.1, 0.15) is 17.3 Å². The summed E-state index contributed by atoms with van der Waals surface area (Å²) < 4.78 is 3.46. The minimum atomic E-state index is -0.130. The highest BCUT2D eigenvalue weighted by Crippen LogP contribution is 2.17. The Bertz CT molecular complexity index is 779. The minimum Gasteiger partial charge on any atom is -0.350 e. The highest BCUT2D eigenvalue weighted by molar-refractivity contribution is 5.95. The number of nitrogens with zero attached hydrogens (tertiary/aromatic N) is 6. The van der Waals surface area contributed by atoms with E-state index < -0.39 is 0 Å². The third-order valence-corrected chi connectivity index (χ3v) is 3.40. The predicted octanol–water partition coefficient (Wildman–Crippen LogP) is 0.986. The molecule has 0 unspecified atom stereocenters. The Hall–Kier alpha value is -3.03. The minimum absolute atomic E-state index is 0.130. The predicted molar refractivity (Wildman–Crippen MR) is 83.5 cm³/mol. The number of aromatic nitrogens is 6. The van der Waals surface area contributed by atoms with Crippen molar-refractivity contribution in [2.75, 3.05) is 6.54 Å². The van der Waals surface area contributed by atoms with E-state index in [9.17, 15) is 4.79 Å². The van der Waals surface area contributed by atoms with Crippen LogP contribution in [0.2, 0.25) is 0 Å². The SMILES string of the molecule is CCn1nnnc1-c1cccc(C(=O)NCCn2cccn2)c1. The summed E-state index contributed by atoms with van der Waals surface area (Å²) in [6.45, 7) is 3.78. The summed E-state index contributed by atoms with van der Waals surface area (Å²) in [5, 5.41) is 18.6. The lowest BCUT2D eigenvalue weighted by Crippen LogP contribution is -2.27. The summed E-state index contributed by atoms with van der Waals surface area (Å²) in [5.74, 6) is 0.522. The van der Waals surface area contributed by atoms with Crippen LogP contribution in [-0.2, 0) is 13.1 Å². The van der Waals surface area contributed by atoms with Crippen LogP contribution in [0.25, 0.3) is 11.4 Å². The number of hydrogen-bond donors (Lipinski definition) is 1. The van der Waals surface area contributed by atoms with E-state index in [0.29, 0.717) is 31.0 Å². The molecule has 0 aliphatic rings. The first-order valence-corrected chi connectivity index (χ1v) is 7.40. The highest BCUT2D eigenvalue weighted by Gasteiger charge is 2.11. The Labute approximate surface area is 133 Å². The third kappa shape index (κ3) is 3.42. The molecule has 0 fully saturated rings. The van der Waals surface area contributed by atoms with Crippen LogP contribution in [0, 0.1) is 0 Å². The second kappa shape index (κ2) is 6.82. The highest BCUT2D eigenvalue weighted by atomic mass is 16.1. The molecule has 0 bridgehead atoms. The van der Waals surface area contributed by atoms with Crippen molar-refractivity contribution in [1.82, 2.24) is 35.3 Å². The Morgan fingerprint density at radius 3 is 3.00 bits per heavy atom. The van der Waals surface area contributed by atoms with Gasteiger partial charge >= 0.3 is 0 Å². The quantitative estimate of drug-likeness (QED) is 0.733. The number of nitrogens with one attached hydrogen (secondary N) is 1. The molecule has 3 rings (SSSR count). The molecule has 2 aromatic heterocycles. The number of amides is 1. The topological polar surface area (TPSA) is 90.5 Å². The van der Waals surface area contributed by atoms with E-state index in [1.165, 1.54) is 0 Å². The lowest BCUT2D eigenvalue weighted by atomic mass is 10.1. The van der Waals surface area contributed by atoms with Gasteiger partial charge in [-0.15, -0.1) is 5.10 Å². The molecule has 118 valence electrons. The molecule has 0 radical (unpaired) electrons. The second-order valence-electron chi connectivity index (χ2n) is 4.92. The van der Waals surface area contributed by atoms with E-state index in [4.69, 9.17) is 0 Å². The molecule has 0 aliphatic heterocycles. The Morgan fingerprint density at radius 1 is 1.30 bits per heavy atom. The van der Waals surface area contributed by atoms with Crippen molar-refractivity contribution in [2.45, 2.75) is 20.0 Å². The fourth-order valence-corrected chi connectivity index (χ4v) is 2.24. The van der Waals surface area contributed by atoms with Gasteiger partial charge in [0.05, 0.1) is 6.54 Å². The molecule has 8 heteroatoms. The number of tetrazole rings is 1. The maximum atomic E-state index is 12.3. The largest absolute Gasteiger partial charge is 0.350 e. The normalized spacial score (nSPS) is 10.7. The van der Waals surface area contributed by atoms with Crippen molar-refractivity contribution in [3.63, 3.8) is 0 Å².